The van der Waals surface area contributed by atoms with Crippen LogP contribution in [0.25, 0.3) is 5.65 Å². The molecule has 1 saturated carbocycles. The number of nitrogens with one attached hydrogen (secondary N) is 1. The van der Waals surface area contributed by atoms with Crippen molar-refractivity contribution < 1.29 is 18.7 Å². The number of aromatic nitrogens is 5. The van der Waals surface area contributed by atoms with Gasteiger partial charge in [-0.1, -0.05) is 0 Å². The molecule has 5 rings (SSSR count). The number of hydrogen-bond donors (Lipinski definition) is 2. The minimum Gasteiger partial charge on any atom is -0.396 e. The summed E-state index contributed by atoms with van der Waals surface area (Å²) >= 11 is 0. The van der Waals surface area contributed by atoms with Gasteiger partial charge in [0.05, 0.1) is 17.9 Å². The Bertz CT molecular complexity index is 1150. The first-order valence-electron chi connectivity index (χ1n) is 11.9. The smallest absolute Gasteiger partial charge is 0.284 e. The Labute approximate surface area is 195 Å². The molecule has 34 heavy (non-hydrogen) atoms. The molecule has 1 saturated heterocycles. The molecule has 1 amide bonds. The molecule has 2 N–H and O–H groups in total. The second kappa shape index (κ2) is 9.65. The van der Waals surface area contributed by atoms with Crippen molar-refractivity contribution in [3.05, 3.63) is 35.9 Å². The van der Waals surface area contributed by atoms with Crippen LogP contribution in [0.1, 0.15) is 73.5 Å². The Balaban J connectivity index is 1.38. The fourth-order valence-corrected chi connectivity index (χ4v) is 4.95. The molecular formula is C23H29F2N7O2. The number of carbonyl (C=O) groups is 1. The number of nitrogens with zero attached hydrogens (tertiary/aromatic N) is 6. The summed E-state index contributed by atoms with van der Waals surface area (Å²) in [5.41, 5.74) is 0.149. The zero-order valence-corrected chi connectivity index (χ0v) is 18.9. The molecule has 2 aliphatic rings. The molecule has 0 atom stereocenters. The first-order chi connectivity index (χ1) is 16.5. The second-order valence-electron chi connectivity index (χ2n) is 9.18. The van der Waals surface area contributed by atoms with E-state index >= 15 is 0 Å². The van der Waals surface area contributed by atoms with E-state index in [1.54, 1.807) is 6.20 Å². The maximum Gasteiger partial charge on any atom is 0.284 e. The molecule has 0 radical (unpaired) electrons. The molecule has 0 bridgehead atoms. The van der Waals surface area contributed by atoms with Crippen LogP contribution in [0.3, 0.4) is 0 Å². The molecule has 3 aromatic rings. The van der Waals surface area contributed by atoms with E-state index in [4.69, 9.17) is 0 Å². The van der Waals surface area contributed by atoms with E-state index in [2.05, 4.69) is 25.4 Å². The van der Waals surface area contributed by atoms with Crippen LogP contribution in [0.2, 0.25) is 0 Å². The third kappa shape index (κ3) is 4.48. The summed E-state index contributed by atoms with van der Waals surface area (Å²) in [6.07, 6.45) is 8.36. The van der Waals surface area contributed by atoms with E-state index in [9.17, 15) is 18.7 Å². The highest BCUT2D eigenvalue weighted by molar-refractivity contribution is 6.08. The number of fused-ring (bicyclic) bond motifs is 1. The maximum absolute atomic E-state index is 13.7. The van der Waals surface area contributed by atoms with Crippen molar-refractivity contribution in [2.24, 2.45) is 5.92 Å². The van der Waals surface area contributed by atoms with Crippen molar-refractivity contribution >= 4 is 23.1 Å². The second-order valence-corrected chi connectivity index (χ2v) is 9.18. The minimum absolute atomic E-state index is 0.00387. The van der Waals surface area contributed by atoms with Crippen LogP contribution in [-0.2, 0) is 0 Å². The highest BCUT2D eigenvalue weighted by atomic mass is 19.3. The van der Waals surface area contributed by atoms with E-state index in [0.29, 0.717) is 5.65 Å². The summed E-state index contributed by atoms with van der Waals surface area (Å²) in [6.45, 7) is 1.97. The third-order valence-corrected chi connectivity index (χ3v) is 6.94. The summed E-state index contributed by atoms with van der Waals surface area (Å²) in [6, 6.07) is 1.84. The molecule has 2 fully saturated rings. The average molecular weight is 474 g/mol. The number of carbonyl (C=O) groups excluding carboxylic acids is 1. The summed E-state index contributed by atoms with van der Waals surface area (Å²) in [5, 5.41) is 20.3. The number of aliphatic hydroxyl groups is 1. The van der Waals surface area contributed by atoms with Crippen LogP contribution in [-0.4, -0.2) is 55.1 Å². The standard InChI is InChI=1S/C23H29F2N7O2/c24-21(25)20-18(13-32(29-20)16-6-4-15(14-33)5-7-16)27-23(34)17-12-26-31-11-8-19(28-22(17)31)30-9-2-1-3-10-30/h8,11-13,15-16,21,33H,1-7,9-10,14H2,(H,27,34). The number of aliphatic hydroxyl groups excluding tert-OH is 1. The fourth-order valence-electron chi connectivity index (χ4n) is 4.95. The average Bonchev–Trinajstić information content (AvgIpc) is 3.49. The number of piperidine rings is 1. The minimum atomic E-state index is -2.82. The summed E-state index contributed by atoms with van der Waals surface area (Å²) in [4.78, 5) is 19.9. The van der Waals surface area contributed by atoms with Crippen molar-refractivity contribution in [1.29, 1.82) is 0 Å². The molecule has 4 heterocycles. The first-order valence-corrected chi connectivity index (χ1v) is 11.9. The van der Waals surface area contributed by atoms with Gasteiger partial charge in [-0.2, -0.15) is 10.2 Å². The lowest BCUT2D eigenvalue weighted by atomic mass is 9.87. The van der Waals surface area contributed by atoms with E-state index in [1.807, 2.05) is 6.07 Å². The van der Waals surface area contributed by atoms with Gasteiger partial charge in [-0.3, -0.25) is 9.48 Å². The van der Waals surface area contributed by atoms with Crippen LogP contribution < -0.4 is 10.2 Å². The van der Waals surface area contributed by atoms with E-state index in [1.165, 1.54) is 28.0 Å². The lowest BCUT2D eigenvalue weighted by molar-refractivity contribution is 0.102. The molecule has 182 valence electrons. The number of hydrogen-bond acceptors (Lipinski definition) is 6. The summed E-state index contributed by atoms with van der Waals surface area (Å²) < 4.78 is 30.5. The Hall–Kier alpha value is -3.08. The van der Waals surface area contributed by atoms with Gasteiger partial charge in [-0.25, -0.2) is 18.3 Å². The van der Waals surface area contributed by atoms with Crippen molar-refractivity contribution in [3.63, 3.8) is 0 Å². The van der Waals surface area contributed by atoms with E-state index < -0.39 is 18.0 Å². The van der Waals surface area contributed by atoms with Gasteiger partial charge < -0.3 is 15.3 Å². The van der Waals surface area contributed by atoms with Gasteiger partial charge in [0.25, 0.3) is 12.3 Å². The molecule has 9 nitrogen and oxygen atoms in total. The Morgan fingerprint density at radius 2 is 1.94 bits per heavy atom. The zero-order valence-electron chi connectivity index (χ0n) is 18.9. The molecule has 1 aliphatic heterocycles. The van der Waals surface area contributed by atoms with E-state index in [0.717, 1.165) is 57.4 Å². The topological polar surface area (TPSA) is 101 Å². The van der Waals surface area contributed by atoms with Crippen molar-refractivity contribution in [3.8, 4) is 0 Å². The summed E-state index contributed by atoms with van der Waals surface area (Å²) in [5.74, 6) is 0.476. The van der Waals surface area contributed by atoms with Crippen LogP contribution in [0.4, 0.5) is 20.3 Å². The largest absolute Gasteiger partial charge is 0.396 e. The number of amides is 1. The number of halogens is 2. The number of alkyl halides is 2. The SMILES string of the molecule is O=C(Nc1cn(C2CCC(CO)CC2)nc1C(F)F)c1cnn2ccc(N3CCCCC3)nc12. The molecular weight excluding hydrogens is 444 g/mol. The van der Waals surface area contributed by atoms with Crippen LogP contribution in [0.5, 0.6) is 0 Å². The number of rotatable bonds is 6. The van der Waals surface area contributed by atoms with Gasteiger partial charge in [0.15, 0.2) is 11.3 Å². The molecule has 0 spiro atoms. The van der Waals surface area contributed by atoms with Gasteiger partial charge >= 0.3 is 0 Å². The Kier molecular flexibility index (Phi) is 6.44. The van der Waals surface area contributed by atoms with Gasteiger partial charge in [-0.05, 0) is 56.9 Å². The first kappa shape index (κ1) is 22.7. The van der Waals surface area contributed by atoms with Gasteiger partial charge in [0.1, 0.15) is 11.4 Å². The molecule has 0 aromatic carbocycles. The number of anilines is 2. The lowest BCUT2D eigenvalue weighted by Crippen LogP contribution is -2.30. The highest BCUT2D eigenvalue weighted by Crippen LogP contribution is 2.34. The highest BCUT2D eigenvalue weighted by Gasteiger charge is 2.27. The van der Waals surface area contributed by atoms with Crippen molar-refractivity contribution in [2.45, 2.75) is 57.4 Å². The molecule has 3 aromatic heterocycles. The molecule has 1 aliphatic carbocycles. The predicted molar refractivity (Wildman–Crippen MR) is 122 cm³/mol. The third-order valence-electron chi connectivity index (χ3n) is 6.94. The fraction of sp³-hybridized carbons (Fsp3) is 0.565. The van der Waals surface area contributed by atoms with Gasteiger partial charge in [0, 0.05) is 32.1 Å². The van der Waals surface area contributed by atoms with Crippen LogP contribution >= 0.6 is 0 Å². The van der Waals surface area contributed by atoms with Crippen molar-refractivity contribution in [2.75, 3.05) is 29.9 Å². The van der Waals surface area contributed by atoms with Crippen molar-refractivity contribution in [1.82, 2.24) is 24.4 Å². The zero-order chi connectivity index (χ0) is 23.7. The predicted octanol–water partition coefficient (Wildman–Crippen LogP) is 3.83. The van der Waals surface area contributed by atoms with Crippen LogP contribution in [0.15, 0.2) is 24.7 Å². The van der Waals surface area contributed by atoms with E-state index in [-0.39, 0.29) is 29.8 Å². The quantitative estimate of drug-likeness (QED) is 0.564. The lowest BCUT2D eigenvalue weighted by Gasteiger charge is -2.27. The van der Waals surface area contributed by atoms with Gasteiger partial charge in [0.2, 0.25) is 0 Å². The normalized spacial score (nSPS) is 21.4. The maximum atomic E-state index is 13.7. The monoisotopic (exact) mass is 473 g/mol. The molecule has 11 heteroatoms. The Morgan fingerprint density at radius 1 is 1.18 bits per heavy atom. The van der Waals surface area contributed by atoms with Crippen LogP contribution in [0, 0.1) is 5.92 Å². The van der Waals surface area contributed by atoms with Gasteiger partial charge in [-0.15, -0.1) is 0 Å². The molecule has 0 unspecified atom stereocenters. The Morgan fingerprint density at radius 3 is 2.65 bits per heavy atom. The summed E-state index contributed by atoms with van der Waals surface area (Å²) in [7, 11) is 0.